The molecule has 0 bridgehead atoms. The Kier molecular flexibility index (Phi) is 7.38. The molecule has 6 nitrogen and oxygen atoms in total. The SMILES string of the molecule is C=CCOC(=O)[C@@H](CC1CCCCC1)NC(=O)c1ccc(C(=N)N)cc1. The average Bonchev–Trinajstić information content (AvgIpc) is 2.66. The van der Waals surface area contributed by atoms with E-state index in [0.717, 1.165) is 12.8 Å². The molecular weight excluding hydrogens is 330 g/mol. The zero-order chi connectivity index (χ0) is 18.9. The van der Waals surface area contributed by atoms with Gasteiger partial charge in [-0.25, -0.2) is 4.79 Å². The highest BCUT2D eigenvalue weighted by Crippen LogP contribution is 2.27. The monoisotopic (exact) mass is 357 g/mol. The molecule has 2 rings (SSSR count). The molecule has 0 heterocycles. The Morgan fingerprint density at radius 3 is 2.42 bits per heavy atom. The highest BCUT2D eigenvalue weighted by atomic mass is 16.5. The van der Waals surface area contributed by atoms with Gasteiger partial charge in [0.15, 0.2) is 0 Å². The van der Waals surface area contributed by atoms with Crippen molar-refractivity contribution in [1.29, 1.82) is 5.41 Å². The fourth-order valence-corrected chi connectivity index (χ4v) is 3.25. The second-order valence-corrected chi connectivity index (χ2v) is 6.68. The molecule has 0 spiro atoms. The van der Waals surface area contributed by atoms with Crippen LogP contribution in [0.2, 0.25) is 0 Å². The van der Waals surface area contributed by atoms with E-state index < -0.39 is 12.0 Å². The zero-order valence-electron chi connectivity index (χ0n) is 15.0. The van der Waals surface area contributed by atoms with Crippen molar-refractivity contribution in [2.45, 2.75) is 44.6 Å². The summed E-state index contributed by atoms with van der Waals surface area (Å²) in [6, 6.07) is 5.75. The minimum Gasteiger partial charge on any atom is -0.460 e. The summed E-state index contributed by atoms with van der Waals surface area (Å²) in [6.45, 7) is 3.67. The molecule has 1 atom stereocenters. The third kappa shape index (κ3) is 5.72. The fourth-order valence-electron chi connectivity index (χ4n) is 3.25. The molecule has 4 N–H and O–H groups in total. The smallest absolute Gasteiger partial charge is 0.328 e. The minimum atomic E-state index is -0.668. The normalized spacial score (nSPS) is 15.7. The second kappa shape index (κ2) is 9.75. The summed E-state index contributed by atoms with van der Waals surface area (Å²) in [5, 5.41) is 10.2. The molecule has 1 aliphatic carbocycles. The number of nitrogens with two attached hydrogens (primary N) is 1. The quantitative estimate of drug-likeness (QED) is 0.288. The molecule has 0 saturated heterocycles. The molecule has 0 unspecified atom stereocenters. The van der Waals surface area contributed by atoms with Crippen molar-refractivity contribution < 1.29 is 14.3 Å². The van der Waals surface area contributed by atoms with Gasteiger partial charge in [-0.15, -0.1) is 0 Å². The zero-order valence-corrected chi connectivity index (χ0v) is 15.0. The van der Waals surface area contributed by atoms with Crippen LogP contribution in [0.25, 0.3) is 0 Å². The van der Waals surface area contributed by atoms with Gasteiger partial charge in [0.1, 0.15) is 18.5 Å². The van der Waals surface area contributed by atoms with Crippen LogP contribution in [-0.2, 0) is 9.53 Å². The number of carbonyl (C=O) groups is 2. The third-order valence-corrected chi connectivity index (χ3v) is 4.69. The van der Waals surface area contributed by atoms with E-state index >= 15 is 0 Å². The maximum atomic E-state index is 12.5. The van der Waals surface area contributed by atoms with Crippen LogP contribution in [0.3, 0.4) is 0 Å². The van der Waals surface area contributed by atoms with E-state index in [9.17, 15) is 9.59 Å². The van der Waals surface area contributed by atoms with E-state index in [1.165, 1.54) is 25.3 Å². The van der Waals surface area contributed by atoms with E-state index in [1.807, 2.05) is 0 Å². The lowest BCUT2D eigenvalue weighted by molar-refractivity contribution is -0.145. The summed E-state index contributed by atoms with van der Waals surface area (Å²) < 4.78 is 5.17. The number of benzene rings is 1. The minimum absolute atomic E-state index is 0.0554. The summed E-state index contributed by atoms with van der Waals surface area (Å²) in [6.07, 6.45) is 7.82. The average molecular weight is 357 g/mol. The molecule has 1 aromatic rings. The number of rotatable bonds is 8. The summed E-state index contributed by atoms with van der Waals surface area (Å²) in [5.74, 6) is -0.397. The topological polar surface area (TPSA) is 105 Å². The Labute approximate surface area is 154 Å². The highest BCUT2D eigenvalue weighted by molar-refractivity contribution is 5.99. The summed E-state index contributed by atoms with van der Waals surface area (Å²) in [7, 11) is 0. The number of hydrogen-bond acceptors (Lipinski definition) is 4. The standard InChI is InChI=1S/C20H27N3O3/c1-2-12-26-20(25)17(13-14-6-4-3-5-7-14)23-19(24)16-10-8-15(9-11-16)18(21)22/h2,8-11,14,17H,1,3-7,12-13H2,(H3,21,22)(H,23,24)/t17-/m1/s1. The van der Waals surface area contributed by atoms with Crippen LogP contribution in [0.5, 0.6) is 0 Å². The van der Waals surface area contributed by atoms with Gasteiger partial charge in [-0.1, -0.05) is 56.9 Å². The van der Waals surface area contributed by atoms with E-state index in [2.05, 4.69) is 11.9 Å². The largest absolute Gasteiger partial charge is 0.460 e. The van der Waals surface area contributed by atoms with E-state index in [4.69, 9.17) is 15.9 Å². The predicted molar refractivity (Wildman–Crippen MR) is 101 cm³/mol. The Balaban J connectivity index is 2.05. The van der Waals surface area contributed by atoms with Crippen LogP contribution in [0.1, 0.15) is 54.4 Å². The third-order valence-electron chi connectivity index (χ3n) is 4.69. The molecule has 1 saturated carbocycles. The highest BCUT2D eigenvalue weighted by Gasteiger charge is 2.27. The molecule has 26 heavy (non-hydrogen) atoms. The number of nitrogen functional groups attached to an aromatic ring is 1. The van der Waals surface area contributed by atoms with Crippen LogP contribution in [0.4, 0.5) is 0 Å². The first-order chi connectivity index (χ1) is 12.5. The second-order valence-electron chi connectivity index (χ2n) is 6.68. The molecule has 1 aliphatic rings. The molecule has 1 amide bonds. The maximum absolute atomic E-state index is 12.5. The number of hydrogen-bond donors (Lipinski definition) is 3. The first-order valence-corrected chi connectivity index (χ1v) is 9.04. The van der Waals surface area contributed by atoms with Crippen molar-refractivity contribution in [2.75, 3.05) is 6.61 Å². The lowest BCUT2D eigenvalue weighted by Crippen LogP contribution is -2.43. The number of ether oxygens (including phenoxy) is 1. The molecule has 0 aromatic heterocycles. The van der Waals surface area contributed by atoms with Gasteiger partial charge in [-0.05, 0) is 24.5 Å². The van der Waals surface area contributed by atoms with Crippen LogP contribution >= 0.6 is 0 Å². The molecule has 0 radical (unpaired) electrons. The lowest BCUT2D eigenvalue weighted by Gasteiger charge is -2.26. The Morgan fingerprint density at radius 2 is 1.85 bits per heavy atom. The first-order valence-electron chi connectivity index (χ1n) is 9.04. The Morgan fingerprint density at radius 1 is 1.23 bits per heavy atom. The fraction of sp³-hybridized carbons (Fsp3) is 0.450. The van der Waals surface area contributed by atoms with Crippen molar-refractivity contribution in [1.82, 2.24) is 5.32 Å². The van der Waals surface area contributed by atoms with Crippen LogP contribution < -0.4 is 11.1 Å². The molecule has 140 valence electrons. The lowest BCUT2D eigenvalue weighted by atomic mass is 9.84. The van der Waals surface area contributed by atoms with Crippen LogP contribution in [0.15, 0.2) is 36.9 Å². The van der Waals surface area contributed by atoms with Crippen molar-refractivity contribution in [2.24, 2.45) is 11.7 Å². The predicted octanol–water partition coefficient (Wildman–Crippen LogP) is 2.77. The van der Waals surface area contributed by atoms with Gasteiger partial charge in [0, 0.05) is 11.1 Å². The van der Waals surface area contributed by atoms with Gasteiger partial charge in [0.25, 0.3) is 5.91 Å². The van der Waals surface area contributed by atoms with Crippen molar-refractivity contribution in [3.05, 3.63) is 48.0 Å². The van der Waals surface area contributed by atoms with Gasteiger partial charge in [-0.2, -0.15) is 0 Å². The van der Waals surface area contributed by atoms with Gasteiger partial charge in [-0.3, -0.25) is 10.2 Å². The van der Waals surface area contributed by atoms with Crippen LogP contribution in [-0.4, -0.2) is 30.4 Å². The van der Waals surface area contributed by atoms with Crippen molar-refractivity contribution in [3.8, 4) is 0 Å². The Hall–Kier alpha value is -2.63. The number of carbonyl (C=O) groups excluding carboxylic acids is 2. The molecule has 1 fully saturated rings. The summed E-state index contributed by atoms with van der Waals surface area (Å²) >= 11 is 0. The van der Waals surface area contributed by atoms with E-state index in [0.29, 0.717) is 23.5 Å². The van der Waals surface area contributed by atoms with E-state index in [1.54, 1.807) is 24.3 Å². The summed E-state index contributed by atoms with van der Waals surface area (Å²) in [5.41, 5.74) is 6.39. The van der Waals surface area contributed by atoms with Gasteiger partial charge in [0.05, 0.1) is 0 Å². The molecular formula is C20H27N3O3. The number of nitrogens with one attached hydrogen (secondary N) is 2. The van der Waals surface area contributed by atoms with Gasteiger partial charge < -0.3 is 15.8 Å². The summed E-state index contributed by atoms with van der Waals surface area (Å²) in [4.78, 5) is 24.9. The molecule has 0 aliphatic heterocycles. The van der Waals surface area contributed by atoms with Crippen molar-refractivity contribution >= 4 is 17.7 Å². The van der Waals surface area contributed by atoms with Crippen LogP contribution in [0, 0.1) is 11.3 Å². The molecule has 6 heteroatoms. The maximum Gasteiger partial charge on any atom is 0.328 e. The van der Waals surface area contributed by atoms with Gasteiger partial charge >= 0.3 is 5.97 Å². The van der Waals surface area contributed by atoms with E-state index in [-0.39, 0.29) is 18.3 Å². The Bertz CT molecular complexity index is 649. The van der Waals surface area contributed by atoms with Gasteiger partial charge in [0.2, 0.25) is 0 Å². The van der Waals surface area contributed by atoms with Crippen molar-refractivity contribution in [3.63, 3.8) is 0 Å². The number of esters is 1. The first kappa shape index (κ1) is 19.7. The molecule has 1 aromatic carbocycles. The number of amides is 1. The number of amidine groups is 1.